The normalized spacial score (nSPS) is 10.4. The van der Waals surface area contributed by atoms with Crippen LogP contribution >= 0.6 is 0 Å². The van der Waals surface area contributed by atoms with E-state index in [2.05, 4.69) is 9.72 Å². The van der Waals surface area contributed by atoms with Gasteiger partial charge < -0.3 is 15.2 Å². The number of nitrogens with two attached hydrogens (primary N) is 1. The van der Waals surface area contributed by atoms with Crippen molar-refractivity contribution in [2.24, 2.45) is 0 Å². The average Bonchev–Trinajstić information content (AvgIpc) is 2.27. The molecule has 0 saturated carbocycles. The third-order valence-electron chi connectivity index (χ3n) is 2.07. The van der Waals surface area contributed by atoms with Gasteiger partial charge in [0.2, 0.25) is 5.88 Å². The number of rotatable bonds is 4. The summed E-state index contributed by atoms with van der Waals surface area (Å²) in [6.45, 7) is 0. The molecule has 1 aromatic rings. The Morgan fingerprint density at radius 1 is 1.53 bits per heavy atom. The van der Waals surface area contributed by atoms with E-state index in [4.69, 9.17) is 10.5 Å². The lowest BCUT2D eigenvalue weighted by Gasteiger charge is -2.11. The number of esters is 1. The first-order valence-electron chi connectivity index (χ1n) is 4.67. The number of hydrogen-bond donors (Lipinski definition) is 1. The zero-order chi connectivity index (χ0) is 13.0. The molecule has 0 bridgehead atoms. The molecule has 94 valence electrons. The van der Waals surface area contributed by atoms with Crippen LogP contribution in [0.15, 0.2) is 6.07 Å². The molecule has 0 aromatic carbocycles. The Kier molecular flexibility index (Phi) is 4.19. The molecule has 0 spiro atoms. The van der Waals surface area contributed by atoms with Crippen LogP contribution < -0.4 is 10.5 Å². The first kappa shape index (κ1) is 13.1. The molecule has 0 aliphatic heterocycles. The van der Waals surface area contributed by atoms with Crippen LogP contribution in [0.25, 0.3) is 0 Å². The van der Waals surface area contributed by atoms with Crippen LogP contribution in [-0.2, 0) is 16.0 Å². The van der Waals surface area contributed by atoms with Crippen LogP contribution in [-0.4, -0.2) is 25.2 Å². The van der Waals surface area contributed by atoms with Gasteiger partial charge in [0.25, 0.3) is 6.43 Å². The quantitative estimate of drug-likeness (QED) is 0.811. The van der Waals surface area contributed by atoms with Crippen molar-refractivity contribution in [1.82, 2.24) is 4.98 Å². The molecule has 0 unspecified atom stereocenters. The second kappa shape index (κ2) is 5.42. The zero-order valence-corrected chi connectivity index (χ0v) is 9.37. The molecule has 17 heavy (non-hydrogen) atoms. The van der Waals surface area contributed by atoms with Crippen molar-refractivity contribution < 1.29 is 23.0 Å². The molecule has 1 heterocycles. The van der Waals surface area contributed by atoms with Gasteiger partial charge in [-0.05, 0) is 6.07 Å². The molecule has 0 aliphatic rings. The summed E-state index contributed by atoms with van der Waals surface area (Å²) in [7, 11) is 2.42. The molecule has 0 atom stereocenters. The highest BCUT2D eigenvalue weighted by Gasteiger charge is 2.21. The van der Waals surface area contributed by atoms with Crippen molar-refractivity contribution in [2.75, 3.05) is 20.0 Å². The topological polar surface area (TPSA) is 74.4 Å². The van der Waals surface area contributed by atoms with E-state index in [0.717, 1.165) is 0 Å². The fraction of sp³-hybridized carbons (Fsp3) is 0.400. The first-order chi connectivity index (χ1) is 7.99. The van der Waals surface area contributed by atoms with Gasteiger partial charge in [0.05, 0.1) is 26.3 Å². The number of anilines is 1. The van der Waals surface area contributed by atoms with E-state index in [1.807, 2.05) is 0 Å². The molecule has 0 aliphatic carbocycles. The lowest BCUT2D eigenvalue weighted by atomic mass is 10.1. The van der Waals surface area contributed by atoms with Crippen LogP contribution in [0.2, 0.25) is 0 Å². The monoisotopic (exact) mass is 246 g/mol. The van der Waals surface area contributed by atoms with Gasteiger partial charge in [-0.3, -0.25) is 4.79 Å². The standard InChI is InChI=1S/C10H12F2N2O3/c1-16-7(15)4-5-3-6(13)8(9(11)12)10(14-5)17-2/h3,9H,4H2,1-2H3,(H2,13,14). The van der Waals surface area contributed by atoms with Crippen LogP contribution in [0.4, 0.5) is 14.5 Å². The van der Waals surface area contributed by atoms with Gasteiger partial charge in [-0.1, -0.05) is 0 Å². The van der Waals surface area contributed by atoms with Crippen molar-refractivity contribution in [1.29, 1.82) is 0 Å². The lowest BCUT2D eigenvalue weighted by molar-refractivity contribution is -0.139. The summed E-state index contributed by atoms with van der Waals surface area (Å²) >= 11 is 0. The van der Waals surface area contributed by atoms with E-state index in [9.17, 15) is 13.6 Å². The molecule has 1 rings (SSSR count). The fourth-order valence-electron chi connectivity index (χ4n) is 1.29. The largest absolute Gasteiger partial charge is 0.481 e. The maximum atomic E-state index is 12.6. The molecule has 0 fully saturated rings. The first-order valence-corrected chi connectivity index (χ1v) is 4.67. The van der Waals surface area contributed by atoms with E-state index in [1.165, 1.54) is 20.3 Å². The molecule has 0 saturated heterocycles. The number of halogens is 2. The summed E-state index contributed by atoms with van der Waals surface area (Å²) in [4.78, 5) is 14.8. The summed E-state index contributed by atoms with van der Waals surface area (Å²) in [5.74, 6) is -0.817. The van der Waals surface area contributed by atoms with E-state index >= 15 is 0 Å². The fourth-order valence-corrected chi connectivity index (χ4v) is 1.29. The van der Waals surface area contributed by atoms with Crippen molar-refractivity contribution in [3.05, 3.63) is 17.3 Å². The van der Waals surface area contributed by atoms with Crippen LogP contribution in [0.5, 0.6) is 5.88 Å². The van der Waals surface area contributed by atoms with Crippen molar-refractivity contribution in [3.63, 3.8) is 0 Å². The minimum Gasteiger partial charge on any atom is -0.481 e. The van der Waals surface area contributed by atoms with Crippen LogP contribution in [0.1, 0.15) is 17.7 Å². The molecule has 2 N–H and O–H groups in total. The van der Waals surface area contributed by atoms with E-state index < -0.39 is 18.0 Å². The van der Waals surface area contributed by atoms with Gasteiger partial charge >= 0.3 is 5.97 Å². The third kappa shape index (κ3) is 3.02. The second-order valence-electron chi connectivity index (χ2n) is 3.18. The average molecular weight is 246 g/mol. The van der Waals surface area contributed by atoms with Crippen molar-refractivity contribution in [2.45, 2.75) is 12.8 Å². The predicted octanol–water partition coefficient (Wildman–Crippen LogP) is 1.33. The minimum absolute atomic E-state index is 0.152. The number of alkyl halides is 2. The molecule has 0 amide bonds. The SMILES string of the molecule is COC(=O)Cc1cc(N)c(C(F)F)c(OC)n1. The van der Waals surface area contributed by atoms with Gasteiger partial charge in [-0.2, -0.15) is 0 Å². The smallest absolute Gasteiger partial charge is 0.311 e. The zero-order valence-electron chi connectivity index (χ0n) is 9.37. The summed E-state index contributed by atoms with van der Waals surface area (Å²) in [5, 5.41) is 0. The summed E-state index contributed by atoms with van der Waals surface area (Å²) in [6, 6.07) is 1.21. The van der Waals surface area contributed by atoms with Crippen LogP contribution in [0.3, 0.4) is 0 Å². The highest BCUT2D eigenvalue weighted by Crippen LogP contribution is 2.32. The highest BCUT2D eigenvalue weighted by atomic mass is 19.3. The Labute approximate surface area is 96.5 Å². The number of hydrogen-bond acceptors (Lipinski definition) is 5. The van der Waals surface area contributed by atoms with Gasteiger partial charge in [0.1, 0.15) is 5.56 Å². The maximum Gasteiger partial charge on any atom is 0.311 e. The van der Waals surface area contributed by atoms with Crippen molar-refractivity contribution in [3.8, 4) is 5.88 Å². The second-order valence-corrected chi connectivity index (χ2v) is 3.18. The van der Waals surface area contributed by atoms with Gasteiger partial charge in [0, 0.05) is 5.69 Å². The molecular formula is C10H12F2N2O3. The number of nitrogens with zero attached hydrogens (tertiary/aromatic N) is 1. The molecule has 5 nitrogen and oxygen atoms in total. The number of carbonyl (C=O) groups excluding carboxylic acids is 1. The van der Waals surface area contributed by atoms with E-state index in [1.54, 1.807) is 0 Å². The Bertz CT molecular complexity index is 424. The van der Waals surface area contributed by atoms with Crippen molar-refractivity contribution >= 4 is 11.7 Å². The summed E-state index contributed by atoms with van der Waals surface area (Å²) in [5.41, 5.74) is 5.05. The van der Waals surface area contributed by atoms with E-state index in [-0.39, 0.29) is 23.7 Å². The number of carbonyl (C=O) groups is 1. The maximum absolute atomic E-state index is 12.6. The van der Waals surface area contributed by atoms with Gasteiger partial charge in [0.15, 0.2) is 0 Å². The third-order valence-corrected chi connectivity index (χ3v) is 2.07. The summed E-state index contributed by atoms with van der Waals surface area (Å²) < 4.78 is 34.4. The molecule has 1 aromatic heterocycles. The number of ether oxygens (including phenoxy) is 2. The predicted molar refractivity (Wildman–Crippen MR) is 55.9 cm³/mol. The molecular weight excluding hydrogens is 234 g/mol. The number of pyridine rings is 1. The molecule has 0 radical (unpaired) electrons. The Morgan fingerprint density at radius 2 is 2.18 bits per heavy atom. The van der Waals surface area contributed by atoms with Crippen LogP contribution in [0, 0.1) is 0 Å². The number of nitrogen functional groups attached to an aromatic ring is 1. The lowest BCUT2D eigenvalue weighted by Crippen LogP contribution is -2.09. The Hall–Kier alpha value is -1.92. The van der Waals surface area contributed by atoms with Gasteiger partial charge in [-0.25, -0.2) is 13.8 Å². The Balaban J connectivity index is 3.13. The Morgan fingerprint density at radius 3 is 2.65 bits per heavy atom. The summed E-state index contributed by atoms with van der Waals surface area (Å²) in [6.07, 6.45) is -2.94. The molecule has 7 heteroatoms. The highest BCUT2D eigenvalue weighted by molar-refractivity contribution is 5.72. The van der Waals surface area contributed by atoms with Gasteiger partial charge in [-0.15, -0.1) is 0 Å². The minimum atomic E-state index is -2.79. The number of aromatic nitrogens is 1. The van der Waals surface area contributed by atoms with E-state index in [0.29, 0.717) is 0 Å². The number of methoxy groups -OCH3 is 2.